The van der Waals surface area contributed by atoms with Crippen molar-refractivity contribution < 1.29 is 13.9 Å². The van der Waals surface area contributed by atoms with Gasteiger partial charge in [-0.25, -0.2) is 9.18 Å². The summed E-state index contributed by atoms with van der Waals surface area (Å²) in [5.41, 5.74) is 1.86. The fourth-order valence-electron chi connectivity index (χ4n) is 3.34. The first-order valence-electron chi connectivity index (χ1n) is 9.45. The van der Waals surface area contributed by atoms with E-state index in [1.165, 1.54) is 28.7 Å². The molecule has 2 N–H and O–H groups in total. The highest BCUT2D eigenvalue weighted by molar-refractivity contribution is 9.11. The smallest absolute Gasteiger partial charge is 0.341 e. The fraction of sp³-hybridized carbons (Fsp3) is 0.400. The van der Waals surface area contributed by atoms with Gasteiger partial charge < -0.3 is 15.4 Å². The molecule has 0 saturated heterocycles. The lowest BCUT2D eigenvalue weighted by Crippen LogP contribution is -2.21. The number of aryl methyl sites for hydroxylation is 1. The molecule has 1 aromatic heterocycles. The Kier molecular flexibility index (Phi) is 8.07. The Balaban J connectivity index is 1.88. The molecular weight excluding hydrogens is 543 g/mol. The number of benzene rings is 1. The number of nitrogens with one attached hydrogen (secondary N) is 2. The predicted molar refractivity (Wildman–Crippen MR) is 128 cm³/mol. The van der Waals surface area contributed by atoms with Gasteiger partial charge in [-0.3, -0.25) is 0 Å². The van der Waals surface area contributed by atoms with Gasteiger partial charge in [0.25, 0.3) is 0 Å². The predicted octanol–water partition coefficient (Wildman–Crippen LogP) is 7.06. The zero-order chi connectivity index (χ0) is 21.0. The van der Waals surface area contributed by atoms with E-state index in [0.717, 1.165) is 37.7 Å². The molecule has 1 aliphatic rings. The Hall–Kier alpha value is -1.03. The van der Waals surface area contributed by atoms with Gasteiger partial charge >= 0.3 is 5.97 Å². The Morgan fingerprint density at radius 3 is 2.62 bits per heavy atom. The van der Waals surface area contributed by atoms with Crippen LogP contribution in [0, 0.1) is 5.82 Å². The number of anilines is 2. The summed E-state index contributed by atoms with van der Waals surface area (Å²) in [5.74, 6) is -0.786. The molecule has 2 aromatic rings. The van der Waals surface area contributed by atoms with Crippen LogP contribution in [0.25, 0.3) is 0 Å². The Labute approximate surface area is 195 Å². The van der Waals surface area contributed by atoms with Crippen LogP contribution in [0.15, 0.2) is 21.1 Å². The van der Waals surface area contributed by atoms with Crippen molar-refractivity contribution in [3.63, 3.8) is 0 Å². The van der Waals surface area contributed by atoms with Crippen molar-refractivity contribution in [1.82, 2.24) is 0 Å². The van der Waals surface area contributed by atoms with Crippen molar-refractivity contribution in [2.45, 2.75) is 45.4 Å². The number of rotatable bonds is 4. The average Bonchev–Trinajstić information content (AvgIpc) is 2.94. The molecular formula is C20H21Br2FN2O2S2. The number of halogens is 3. The molecule has 0 fully saturated rings. The summed E-state index contributed by atoms with van der Waals surface area (Å²) >= 11 is 13.5. The number of hydrogen-bond donors (Lipinski definition) is 2. The molecule has 0 bridgehead atoms. The maximum absolute atomic E-state index is 14.3. The topological polar surface area (TPSA) is 50.4 Å². The minimum absolute atomic E-state index is 0.215. The molecule has 9 heteroatoms. The molecule has 0 radical (unpaired) electrons. The van der Waals surface area contributed by atoms with E-state index in [1.807, 2.05) is 0 Å². The first-order chi connectivity index (χ1) is 13.9. The third kappa shape index (κ3) is 5.57. The van der Waals surface area contributed by atoms with Crippen molar-refractivity contribution in [3.05, 3.63) is 42.9 Å². The standard InChI is InChI=1S/C20H21Br2FN2O2S2/c1-2-27-19(26)16-12-7-5-3-4-6-8-15(12)29-18(16)25-20(28)24-17-13(22)9-11(21)10-14(17)23/h9-10H,2-8H2,1H3,(H2,24,25,28). The summed E-state index contributed by atoms with van der Waals surface area (Å²) in [6.45, 7) is 2.10. The van der Waals surface area contributed by atoms with Crippen molar-refractivity contribution >= 4 is 77.2 Å². The van der Waals surface area contributed by atoms with Gasteiger partial charge in [0, 0.05) is 13.8 Å². The van der Waals surface area contributed by atoms with Crippen LogP contribution in [0.4, 0.5) is 15.1 Å². The monoisotopic (exact) mass is 562 g/mol. The second-order valence-corrected chi connectivity index (χ2v) is 9.95. The lowest BCUT2D eigenvalue weighted by atomic mass is 9.96. The molecule has 0 saturated carbocycles. The third-order valence-electron chi connectivity index (χ3n) is 4.62. The van der Waals surface area contributed by atoms with E-state index < -0.39 is 5.82 Å². The first-order valence-corrected chi connectivity index (χ1v) is 12.3. The number of carbonyl (C=O) groups excluding carboxylic acids is 1. The quantitative estimate of drug-likeness (QED) is 0.308. The molecule has 1 aliphatic carbocycles. The zero-order valence-electron chi connectivity index (χ0n) is 15.9. The van der Waals surface area contributed by atoms with Gasteiger partial charge in [-0.1, -0.05) is 28.8 Å². The van der Waals surface area contributed by atoms with Crippen LogP contribution in [-0.2, 0) is 17.6 Å². The van der Waals surface area contributed by atoms with E-state index in [-0.39, 0.29) is 16.8 Å². The minimum atomic E-state index is -0.445. The largest absolute Gasteiger partial charge is 0.462 e. The summed E-state index contributed by atoms with van der Waals surface area (Å²) < 4.78 is 20.8. The molecule has 1 heterocycles. The third-order valence-corrected chi connectivity index (χ3v) is 7.12. The number of ether oxygens (including phenoxy) is 1. The van der Waals surface area contributed by atoms with Crippen molar-refractivity contribution in [2.24, 2.45) is 0 Å². The Bertz CT molecular complexity index is 910. The van der Waals surface area contributed by atoms with Crippen LogP contribution in [0.3, 0.4) is 0 Å². The van der Waals surface area contributed by atoms with Gasteiger partial charge in [-0.15, -0.1) is 11.3 Å². The van der Waals surface area contributed by atoms with E-state index in [9.17, 15) is 9.18 Å². The van der Waals surface area contributed by atoms with Gasteiger partial charge in [0.05, 0.1) is 17.9 Å². The highest BCUT2D eigenvalue weighted by atomic mass is 79.9. The van der Waals surface area contributed by atoms with Gasteiger partial charge in [-0.2, -0.15) is 0 Å². The highest BCUT2D eigenvalue weighted by Gasteiger charge is 2.26. The molecule has 0 unspecified atom stereocenters. The van der Waals surface area contributed by atoms with E-state index in [4.69, 9.17) is 17.0 Å². The molecule has 4 nitrogen and oxygen atoms in total. The second kappa shape index (κ2) is 10.3. The van der Waals surface area contributed by atoms with E-state index in [2.05, 4.69) is 42.5 Å². The summed E-state index contributed by atoms with van der Waals surface area (Å²) in [4.78, 5) is 13.9. The van der Waals surface area contributed by atoms with Crippen molar-refractivity contribution in [3.8, 4) is 0 Å². The van der Waals surface area contributed by atoms with E-state index in [1.54, 1.807) is 13.0 Å². The molecule has 0 atom stereocenters. The normalized spacial score (nSPS) is 13.8. The maximum Gasteiger partial charge on any atom is 0.341 e. The van der Waals surface area contributed by atoms with Crippen LogP contribution in [-0.4, -0.2) is 17.7 Å². The van der Waals surface area contributed by atoms with Crippen LogP contribution in [0.2, 0.25) is 0 Å². The molecule has 1 aromatic carbocycles. The number of carbonyl (C=O) groups is 1. The van der Waals surface area contributed by atoms with E-state index in [0.29, 0.717) is 26.1 Å². The van der Waals surface area contributed by atoms with Gasteiger partial charge in [0.2, 0.25) is 0 Å². The summed E-state index contributed by atoms with van der Waals surface area (Å²) in [6, 6.07) is 3.09. The molecule has 29 heavy (non-hydrogen) atoms. The molecule has 0 spiro atoms. The summed E-state index contributed by atoms with van der Waals surface area (Å²) in [7, 11) is 0. The SMILES string of the molecule is CCOC(=O)c1c(NC(=S)Nc2c(F)cc(Br)cc2Br)sc2c1CCCCCC2. The van der Waals surface area contributed by atoms with Crippen LogP contribution in [0.5, 0.6) is 0 Å². The van der Waals surface area contributed by atoms with Crippen LogP contribution < -0.4 is 10.6 Å². The maximum atomic E-state index is 14.3. The van der Waals surface area contributed by atoms with Crippen molar-refractivity contribution in [2.75, 3.05) is 17.2 Å². The van der Waals surface area contributed by atoms with Gasteiger partial charge in [-0.05, 0) is 78.5 Å². The fourth-order valence-corrected chi connectivity index (χ4v) is 6.16. The molecule has 156 valence electrons. The number of fused-ring (bicyclic) bond motifs is 1. The minimum Gasteiger partial charge on any atom is -0.462 e. The summed E-state index contributed by atoms with van der Waals surface area (Å²) in [6.07, 6.45) is 6.32. The van der Waals surface area contributed by atoms with Crippen LogP contribution in [0.1, 0.15) is 53.4 Å². The lowest BCUT2D eigenvalue weighted by molar-refractivity contribution is 0.0526. The first kappa shape index (κ1) is 22.7. The van der Waals surface area contributed by atoms with Crippen molar-refractivity contribution in [1.29, 1.82) is 0 Å². The average molecular weight is 564 g/mol. The molecule has 0 amide bonds. The number of thiocarbonyl (C=S) groups is 1. The zero-order valence-corrected chi connectivity index (χ0v) is 20.7. The van der Waals surface area contributed by atoms with E-state index >= 15 is 0 Å². The number of thiophene rings is 1. The van der Waals surface area contributed by atoms with Crippen LogP contribution >= 0.6 is 55.4 Å². The number of esters is 1. The summed E-state index contributed by atoms with van der Waals surface area (Å²) in [5, 5.41) is 6.86. The molecule has 0 aliphatic heterocycles. The number of hydrogen-bond acceptors (Lipinski definition) is 4. The molecule has 3 rings (SSSR count). The Morgan fingerprint density at radius 1 is 1.21 bits per heavy atom. The Morgan fingerprint density at radius 2 is 1.93 bits per heavy atom. The van der Waals surface area contributed by atoms with Gasteiger partial charge in [0.1, 0.15) is 10.8 Å². The van der Waals surface area contributed by atoms with Gasteiger partial charge in [0.15, 0.2) is 5.11 Å². The lowest BCUT2D eigenvalue weighted by Gasteiger charge is -2.14. The highest BCUT2D eigenvalue weighted by Crippen LogP contribution is 2.38. The second-order valence-electron chi connectivity index (χ2n) is 6.67.